The molecule has 1 unspecified atom stereocenters. The Morgan fingerprint density at radius 3 is 2.67 bits per heavy atom. The van der Waals surface area contributed by atoms with Crippen LogP contribution in [0.1, 0.15) is 30.5 Å². The predicted molar refractivity (Wildman–Crippen MR) is 99.6 cm³/mol. The minimum absolute atomic E-state index is 0.0857. The van der Waals surface area contributed by atoms with Crippen molar-refractivity contribution < 1.29 is 22.9 Å². The van der Waals surface area contributed by atoms with Gasteiger partial charge in [0.25, 0.3) is 0 Å². The highest BCUT2D eigenvalue weighted by Crippen LogP contribution is 2.29. The summed E-state index contributed by atoms with van der Waals surface area (Å²) in [6.45, 7) is 1.82. The van der Waals surface area contributed by atoms with Crippen molar-refractivity contribution in [3.63, 3.8) is 0 Å². The number of nitro groups is 1. The summed E-state index contributed by atoms with van der Waals surface area (Å²) in [7, 11) is 0. The number of hydrogen-bond acceptors (Lipinski definition) is 5. The topological polar surface area (TPSA) is 108 Å². The van der Waals surface area contributed by atoms with Gasteiger partial charge in [0.1, 0.15) is 18.4 Å². The number of alkyl halides is 3. The van der Waals surface area contributed by atoms with E-state index in [2.05, 4.69) is 15.5 Å². The molecule has 0 aliphatic heterocycles. The van der Waals surface area contributed by atoms with Gasteiger partial charge < -0.3 is 5.32 Å². The highest BCUT2D eigenvalue weighted by molar-refractivity contribution is 5.93. The first kappa shape index (κ1) is 21.0. The summed E-state index contributed by atoms with van der Waals surface area (Å²) < 4.78 is 41.1. The van der Waals surface area contributed by atoms with Gasteiger partial charge in [-0.1, -0.05) is 19.1 Å². The number of nitrogens with one attached hydrogen (secondary N) is 1. The minimum atomic E-state index is -4.43. The van der Waals surface area contributed by atoms with Crippen molar-refractivity contribution in [2.75, 3.05) is 5.32 Å². The number of aromatic nitrogens is 4. The molecule has 30 heavy (non-hydrogen) atoms. The smallest absolute Gasteiger partial charge is 0.322 e. The first-order valence-corrected chi connectivity index (χ1v) is 8.85. The maximum atomic E-state index is 12.8. The molecule has 0 aliphatic carbocycles. The molecular weight excluding hydrogens is 405 g/mol. The van der Waals surface area contributed by atoms with Gasteiger partial charge in [-0.25, -0.2) is 0 Å². The number of halogens is 3. The van der Waals surface area contributed by atoms with Crippen LogP contribution in [0.3, 0.4) is 0 Å². The summed E-state index contributed by atoms with van der Waals surface area (Å²) in [4.78, 5) is 22.7. The average molecular weight is 422 g/mol. The number of nitrogens with zero attached hydrogens (tertiary/aromatic N) is 5. The Bertz CT molecular complexity index is 1060. The summed E-state index contributed by atoms with van der Waals surface area (Å²) in [6, 6.07) is 4.12. The summed E-state index contributed by atoms with van der Waals surface area (Å²) in [5.41, 5.74) is -0.233. The molecule has 158 valence electrons. The molecule has 0 radical (unpaired) electrons. The molecule has 1 N–H and O–H groups in total. The number of carbonyl (C=O) groups excluding carboxylic acids is 1. The predicted octanol–water partition coefficient (Wildman–Crippen LogP) is 3.64. The lowest BCUT2D eigenvalue weighted by Crippen LogP contribution is -2.25. The number of carbonyl (C=O) groups is 1. The van der Waals surface area contributed by atoms with E-state index in [4.69, 9.17) is 0 Å². The molecule has 9 nitrogen and oxygen atoms in total. The standard InChI is InChI=1S/C18H17F3N6O3/c1-2-16(26-11-15(8-23-26)27(29)30)17(28)24-14-7-22-25(10-14)9-12-4-3-5-13(6-12)18(19,20)21/h3-8,10-11,16H,2,9H2,1H3,(H,24,28). The Morgan fingerprint density at radius 2 is 2.03 bits per heavy atom. The van der Waals surface area contributed by atoms with Crippen LogP contribution in [0.5, 0.6) is 0 Å². The molecule has 3 rings (SSSR count). The van der Waals surface area contributed by atoms with Crippen molar-refractivity contribution in [2.24, 2.45) is 0 Å². The highest BCUT2D eigenvalue weighted by atomic mass is 19.4. The van der Waals surface area contributed by atoms with Gasteiger partial charge in [0.15, 0.2) is 0 Å². The zero-order valence-corrected chi connectivity index (χ0v) is 15.7. The maximum Gasteiger partial charge on any atom is 0.416 e. The van der Waals surface area contributed by atoms with Gasteiger partial charge in [0.05, 0.1) is 28.9 Å². The Kier molecular flexibility index (Phi) is 5.85. The van der Waals surface area contributed by atoms with Crippen LogP contribution in [-0.2, 0) is 17.5 Å². The van der Waals surface area contributed by atoms with E-state index in [1.54, 1.807) is 13.0 Å². The number of amides is 1. The second-order valence-corrected chi connectivity index (χ2v) is 6.47. The zero-order chi connectivity index (χ0) is 21.9. The Labute approximate surface area is 168 Å². The van der Waals surface area contributed by atoms with Gasteiger partial charge >= 0.3 is 11.9 Å². The second kappa shape index (κ2) is 8.35. The molecule has 12 heteroatoms. The van der Waals surface area contributed by atoms with Crippen molar-refractivity contribution in [1.29, 1.82) is 0 Å². The van der Waals surface area contributed by atoms with Crippen LogP contribution >= 0.6 is 0 Å². The third-order valence-electron chi connectivity index (χ3n) is 4.31. The van der Waals surface area contributed by atoms with Crippen molar-refractivity contribution in [2.45, 2.75) is 32.1 Å². The van der Waals surface area contributed by atoms with Gasteiger partial charge in [0, 0.05) is 6.20 Å². The van der Waals surface area contributed by atoms with E-state index in [0.717, 1.165) is 18.3 Å². The van der Waals surface area contributed by atoms with E-state index in [9.17, 15) is 28.1 Å². The molecule has 1 aromatic carbocycles. The molecule has 2 heterocycles. The van der Waals surface area contributed by atoms with Crippen LogP contribution < -0.4 is 5.32 Å². The van der Waals surface area contributed by atoms with Crippen molar-refractivity contribution in [3.8, 4) is 0 Å². The average Bonchev–Trinajstić information content (AvgIpc) is 3.32. The minimum Gasteiger partial charge on any atom is -0.322 e. The van der Waals surface area contributed by atoms with Crippen LogP contribution in [0.25, 0.3) is 0 Å². The zero-order valence-electron chi connectivity index (χ0n) is 15.7. The fourth-order valence-corrected chi connectivity index (χ4v) is 2.86. The second-order valence-electron chi connectivity index (χ2n) is 6.47. The van der Waals surface area contributed by atoms with Crippen LogP contribution in [0.15, 0.2) is 49.1 Å². The van der Waals surface area contributed by atoms with Crippen molar-refractivity contribution >= 4 is 17.3 Å². The number of rotatable bonds is 7. The summed E-state index contributed by atoms with van der Waals surface area (Å²) in [5, 5.41) is 21.3. The van der Waals surface area contributed by atoms with E-state index in [1.165, 1.54) is 34.0 Å². The maximum absolute atomic E-state index is 12.8. The fraction of sp³-hybridized carbons (Fsp3) is 0.278. The number of hydrogen-bond donors (Lipinski definition) is 1. The lowest BCUT2D eigenvalue weighted by molar-refractivity contribution is -0.385. The van der Waals surface area contributed by atoms with E-state index in [1.807, 2.05) is 0 Å². The molecule has 0 aliphatic rings. The Morgan fingerprint density at radius 1 is 1.27 bits per heavy atom. The van der Waals surface area contributed by atoms with Crippen LogP contribution in [0.4, 0.5) is 24.5 Å². The Hall–Kier alpha value is -3.70. The molecule has 0 fully saturated rings. The molecule has 1 amide bonds. The highest BCUT2D eigenvalue weighted by Gasteiger charge is 2.30. The number of benzene rings is 1. The summed E-state index contributed by atoms with van der Waals surface area (Å²) in [5.74, 6) is -0.450. The van der Waals surface area contributed by atoms with E-state index in [-0.39, 0.29) is 12.2 Å². The molecule has 0 saturated heterocycles. The molecule has 0 spiro atoms. The first-order chi connectivity index (χ1) is 14.2. The van der Waals surface area contributed by atoms with E-state index < -0.39 is 28.6 Å². The SMILES string of the molecule is CCC(C(=O)Nc1cnn(Cc2cccc(C(F)(F)F)c2)c1)n1cc([N+](=O)[O-])cn1. The molecule has 1 atom stereocenters. The third kappa shape index (κ3) is 4.82. The normalized spacial score (nSPS) is 12.5. The van der Waals surface area contributed by atoms with Crippen LogP contribution in [-0.4, -0.2) is 30.4 Å². The molecule has 2 aromatic heterocycles. The monoisotopic (exact) mass is 422 g/mol. The lowest BCUT2D eigenvalue weighted by atomic mass is 10.1. The summed E-state index contributed by atoms with van der Waals surface area (Å²) >= 11 is 0. The first-order valence-electron chi connectivity index (χ1n) is 8.85. The van der Waals surface area contributed by atoms with Gasteiger partial charge in [-0.05, 0) is 24.1 Å². The van der Waals surface area contributed by atoms with Crippen molar-refractivity contribution in [1.82, 2.24) is 19.6 Å². The third-order valence-corrected chi connectivity index (χ3v) is 4.31. The fourth-order valence-electron chi connectivity index (χ4n) is 2.86. The molecule has 0 saturated carbocycles. The number of anilines is 1. The molecular formula is C18H17F3N6O3. The lowest BCUT2D eigenvalue weighted by Gasteiger charge is -2.14. The van der Waals surface area contributed by atoms with E-state index in [0.29, 0.717) is 17.7 Å². The van der Waals surface area contributed by atoms with Crippen LogP contribution in [0, 0.1) is 10.1 Å². The van der Waals surface area contributed by atoms with Gasteiger partial charge in [-0.15, -0.1) is 0 Å². The summed E-state index contributed by atoms with van der Waals surface area (Å²) in [6.07, 6.45) is 0.979. The molecule has 3 aromatic rings. The largest absolute Gasteiger partial charge is 0.416 e. The van der Waals surface area contributed by atoms with Crippen molar-refractivity contribution in [3.05, 3.63) is 70.3 Å². The van der Waals surface area contributed by atoms with E-state index >= 15 is 0 Å². The van der Waals surface area contributed by atoms with Gasteiger partial charge in [-0.2, -0.15) is 23.4 Å². The molecule has 0 bridgehead atoms. The van der Waals surface area contributed by atoms with Crippen LogP contribution in [0.2, 0.25) is 0 Å². The van der Waals surface area contributed by atoms with Gasteiger partial charge in [0.2, 0.25) is 5.91 Å². The quantitative estimate of drug-likeness (QED) is 0.462. The Balaban J connectivity index is 1.68. The van der Waals surface area contributed by atoms with Gasteiger partial charge in [-0.3, -0.25) is 24.3 Å².